The number of aryl methyl sites for hydroxylation is 1. The van der Waals surface area contributed by atoms with Gasteiger partial charge >= 0.3 is 0 Å². The molecule has 98 valence electrons. The Kier molecular flexibility index (Phi) is 2.53. The van der Waals surface area contributed by atoms with Crippen LogP contribution in [0, 0.1) is 0 Å². The maximum absolute atomic E-state index is 2.36. The topological polar surface area (TPSA) is 4.93 Å². The van der Waals surface area contributed by atoms with Crippen LogP contribution in [0.3, 0.4) is 0 Å². The van der Waals surface area contributed by atoms with Crippen molar-refractivity contribution < 1.29 is 0 Å². The zero-order chi connectivity index (χ0) is 13.5. The highest BCUT2D eigenvalue weighted by Crippen LogP contribution is 2.29. The summed E-state index contributed by atoms with van der Waals surface area (Å²) in [5.41, 5.74) is 7.12. The van der Waals surface area contributed by atoms with E-state index in [0.717, 1.165) is 12.8 Å². The zero-order valence-electron chi connectivity index (χ0n) is 11.6. The molecule has 1 heteroatoms. The minimum atomic E-state index is 1.05. The van der Waals surface area contributed by atoms with Crippen LogP contribution < -0.4 is 0 Å². The molecule has 0 amide bonds. The van der Waals surface area contributed by atoms with Gasteiger partial charge in [0, 0.05) is 24.1 Å². The Morgan fingerprint density at radius 1 is 1.00 bits per heavy atom. The molecule has 1 aliphatic carbocycles. The molecule has 0 saturated carbocycles. The van der Waals surface area contributed by atoms with E-state index in [1.807, 2.05) is 0 Å². The Morgan fingerprint density at radius 3 is 2.70 bits per heavy atom. The van der Waals surface area contributed by atoms with Crippen LogP contribution in [0.5, 0.6) is 0 Å². The lowest BCUT2D eigenvalue weighted by Crippen LogP contribution is -1.90. The Morgan fingerprint density at radius 2 is 1.80 bits per heavy atom. The van der Waals surface area contributed by atoms with E-state index in [2.05, 4.69) is 72.4 Å². The number of hydrogen-bond acceptors (Lipinski definition) is 0. The Hall–Kier alpha value is -2.28. The second-order valence-electron chi connectivity index (χ2n) is 5.64. The highest BCUT2D eigenvalue weighted by atomic mass is 14.9. The molecule has 1 heterocycles. The molecule has 0 atom stereocenters. The first-order valence-corrected chi connectivity index (χ1v) is 7.11. The van der Waals surface area contributed by atoms with Crippen molar-refractivity contribution in [2.24, 2.45) is 7.05 Å². The van der Waals surface area contributed by atoms with Crippen LogP contribution in [-0.2, 0) is 19.9 Å². The second-order valence-corrected chi connectivity index (χ2v) is 5.64. The van der Waals surface area contributed by atoms with Gasteiger partial charge in [-0.3, -0.25) is 0 Å². The molecule has 4 rings (SSSR count). The van der Waals surface area contributed by atoms with Gasteiger partial charge in [0.15, 0.2) is 0 Å². The van der Waals surface area contributed by atoms with Crippen LogP contribution in [0.1, 0.15) is 16.7 Å². The van der Waals surface area contributed by atoms with Gasteiger partial charge in [-0.15, -0.1) is 0 Å². The molecule has 20 heavy (non-hydrogen) atoms. The van der Waals surface area contributed by atoms with Crippen LogP contribution in [-0.4, -0.2) is 4.57 Å². The number of benzene rings is 2. The first-order chi connectivity index (χ1) is 9.81. The Balaban J connectivity index is 1.70. The maximum atomic E-state index is 2.36. The highest BCUT2D eigenvalue weighted by molar-refractivity contribution is 5.84. The predicted octanol–water partition coefficient (Wildman–Crippen LogP) is 4.36. The van der Waals surface area contributed by atoms with E-state index in [1.54, 1.807) is 0 Å². The van der Waals surface area contributed by atoms with E-state index in [9.17, 15) is 0 Å². The lowest BCUT2D eigenvalue weighted by atomic mass is 10.0. The summed E-state index contributed by atoms with van der Waals surface area (Å²) in [4.78, 5) is 0. The Labute approximate surface area is 119 Å². The standard InChI is InChI=1S/C19H17N/c1-20-13-17(18-8-4-5-9-19(18)20)12-14-10-15-6-2-3-7-16(15)11-14/h2-10,13H,11-12H2,1H3. The van der Waals surface area contributed by atoms with E-state index in [1.165, 1.54) is 33.2 Å². The molecule has 1 aliphatic rings. The van der Waals surface area contributed by atoms with Crippen molar-refractivity contribution in [2.45, 2.75) is 12.8 Å². The molecule has 3 aromatic rings. The highest BCUT2D eigenvalue weighted by Gasteiger charge is 2.14. The third kappa shape index (κ3) is 1.78. The van der Waals surface area contributed by atoms with E-state index < -0.39 is 0 Å². The van der Waals surface area contributed by atoms with Gasteiger partial charge in [0.25, 0.3) is 0 Å². The van der Waals surface area contributed by atoms with Crippen molar-refractivity contribution in [3.8, 4) is 0 Å². The third-order valence-electron chi connectivity index (χ3n) is 4.23. The molecule has 0 aliphatic heterocycles. The van der Waals surface area contributed by atoms with Crippen LogP contribution in [0.25, 0.3) is 17.0 Å². The number of para-hydroxylation sites is 1. The maximum Gasteiger partial charge on any atom is 0.0480 e. The third-order valence-corrected chi connectivity index (χ3v) is 4.23. The molecule has 1 aromatic heterocycles. The van der Waals surface area contributed by atoms with Crippen molar-refractivity contribution >= 4 is 17.0 Å². The molecule has 0 spiro atoms. The summed E-state index contributed by atoms with van der Waals surface area (Å²) in [6.45, 7) is 0. The molecule has 0 radical (unpaired) electrons. The number of fused-ring (bicyclic) bond motifs is 2. The van der Waals surface area contributed by atoms with Crippen LogP contribution in [0.2, 0.25) is 0 Å². The predicted molar refractivity (Wildman–Crippen MR) is 84.7 cm³/mol. The number of aromatic nitrogens is 1. The molecule has 2 aromatic carbocycles. The Bertz CT molecular complexity index is 821. The zero-order valence-corrected chi connectivity index (χ0v) is 11.6. The monoisotopic (exact) mass is 259 g/mol. The summed E-state index contributed by atoms with van der Waals surface area (Å²) in [7, 11) is 2.13. The van der Waals surface area contributed by atoms with Crippen molar-refractivity contribution in [2.75, 3.05) is 0 Å². The van der Waals surface area contributed by atoms with Crippen LogP contribution in [0.4, 0.5) is 0 Å². The van der Waals surface area contributed by atoms with Gasteiger partial charge in [0.05, 0.1) is 0 Å². The van der Waals surface area contributed by atoms with E-state index in [-0.39, 0.29) is 0 Å². The van der Waals surface area contributed by atoms with Gasteiger partial charge in [0.1, 0.15) is 0 Å². The van der Waals surface area contributed by atoms with E-state index in [0.29, 0.717) is 0 Å². The van der Waals surface area contributed by atoms with Crippen LogP contribution >= 0.6 is 0 Å². The number of hydrogen-bond donors (Lipinski definition) is 0. The van der Waals surface area contributed by atoms with Crippen molar-refractivity contribution in [3.63, 3.8) is 0 Å². The largest absolute Gasteiger partial charge is 0.350 e. The van der Waals surface area contributed by atoms with Gasteiger partial charge in [0.2, 0.25) is 0 Å². The van der Waals surface area contributed by atoms with Crippen molar-refractivity contribution in [1.82, 2.24) is 4.57 Å². The number of allylic oxidation sites excluding steroid dienone is 1. The lowest BCUT2D eigenvalue weighted by Gasteiger charge is -2.01. The van der Waals surface area contributed by atoms with Crippen molar-refractivity contribution in [3.05, 3.63) is 77.0 Å². The normalized spacial score (nSPS) is 13.6. The average Bonchev–Trinajstić information content (AvgIpc) is 3.01. The number of rotatable bonds is 2. The molecule has 0 N–H and O–H groups in total. The molecular weight excluding hydrogens is 242 g/mol. The second kappa shape index (κ2) is 4.38. The van der Waals surface area contributed by atoms with Crippen LogP contribution in [0.15, 0.2) is 60.3 Å². The summed E-state index contributed by atoms with van der Waals surface area (Å²) < 4.78 is 2.23. The minimum Gasteiger partial charge on any atom is -0.350 e. The average molecular weight is 259 g/mol. The summed E-state index contributed by atoms with van der Waals surface area (Å²) >= 11 is 0. The first-order valence-electron chi connectivity index (χ1n) is 7.11. The smallest absolute Gasteiger partial charge is 0.0480 e. The van der Waals surface area contributed by atoms with Gasteiger partial charge in [-0.25, -0.2) is 0 Å². The quantitative estimate of drug-likeness (QED) is 0.644. The van der Waals surface area contributed by atoms with E-state index in [4.69, 9.17) is 0 Å². The fourth-order valence-electron chi connectivity index (χ4n) is 3.28. The summed E-state index contributed by atoms with van der Waals surface area (Å²) in [5, 5.41) is 1.38. The van der Waals surface area contributed by atoms with Gasteiger partial charge < -0.3 is 4.57 Å². The molecule has 1 nitrogen and oxygen atoms in total. The van der Waals surface area contributed by atoms with Gasteiger partial charge in [-0.1, -0.05) is 54.1 Å². The lowest BCUT2D eigenvalue weighted by molar-refractivity contribution is 0.953. The fourth-order valence-corrected chi connectivity index (χ4v) is 3.28. The van der Waals surface area contributed by atoms with E-state index >= 15 is 0 Å². The van der Waals surface area contributed by atoms with Gasteiger partial charge in [-0.05, 0) is 35.6 Å². The summed E-state index contributed by atoms with van der Waals surface area (Å²) in [6.07, 6.45) is 6.78. The first kappa shape index (κ1) is 11.5. The minimum absolute atomic E-state index is 1.05. The number of nitrogens with zero attached hydrogens (tertiary/aromatic N) is 1. The molecular formula is C19H17N. The molecule has 0 saturated heterocycles. The molecule has 0 unspecified atom stereocenters. The van der Waals surface area contributed by atoms with Crippen molar-refractivity contribution in [1.29, 1.82) is 0 Å². The summed E-state index contributed by atoms with van der Waals surface area (Å²) in [5.74, 6) is 0. The molecule has 0 bridgehead atoms. The summed E-state index contributed by atoms with van der Waals surface area (Å²) in [6, 6.07) is 17.4. The SMILES string of the molecule is Cn1cc(CC2=Cc3ccccc3C2)c2ccccc21. The fraction of sp³-hybridized carbons (Fsp3) is 0.158. The van der Waals surface area contributed by atoms with Gasteiger partial charge in [-0.2, -0.15) is 0 Å². The molecule has 0 fully saturated rings.